The van der Waals surface area contributed by atoms with Gasteiger partial charge in [-0.25, -0.2) is 0 Å². The Hall–Kier alpha value is -3.59. The van der Waals surface area contributed by atoms with Gasteiger partial charge in [0.25, 0.3) is 5.91 Å². The predicted octanol–water partition coefficient (Wildman–Crippen LogP) is 3.36. The maximum Gasteiger partial charge on any atom is 0.267 e. The number of nitriles is 1. The van der Waals surface area contributed by atoms with Crippen molar-refractivity contribution in [1.29, 1.82) is 5.26 Å². The maximum absolute atomic E-state index is 12.2. The number of ketones is 1. The molecule has 6 heteroatoms. The zero-order valence-corrected chi connectivity index (χ0v) is 13.9. The van der Waals surface area contributed by atoms with Gasteiger partial charge in [0.15, 0.2) is 5.78 Å². The van der Waals surface area contributed by atoms with E-state index in [9.17, 15) is 14.9 Å². The number of benzene rings is 2. The Morgan fingerprint density at radius 1 is 1.12 bits per heavy atom. The highest BCUT2D eigenvalue weighted by atomic mass is 16.5. The second kappa shape index (κ2) is 8.31. The van der Waals surface area contributed by atoms with Crippen LogP contribution in [0.4, 0.5) is 11.4 Å². The highest BCUT2D eigenvalue weighted by molar-refractivity contribution is 6.07. The summed E-state index contributed by atoms with van der Waals surface area (Å²) in [7, 11) is 1.57. The van der Waals surface area contributed by atoms with Gasteiger partial charge in [-0.15, -0.1) is 0 Å². The third-order valence-corrected chi connectivity index (χ3v) is 3.37. The van der Waals surface area contributed by atoms with Crippen LogP contribution in [-0.4, -0.2) is 18.8 Å². The van der Waals surface area contributed by atoms with Crippen LogP contribution >= 0.6 is 0 Å². The SMILES string of the molecule is COc1ccc(N/C=C(/C#N)C(=O)Nc2cccc(C(C)=O)c2)cc1. The standard InChI is InChI=1S/C19H17N3O3/c1-13(23)14-4-3-5-17(10-14)22-19(24)15(11-20)12-21-16-6-8-18(25-2)9-7-16/h3-10,12,21H,1-2H3,(H,22,24)/b15-12-. The highest BCUT2D eigenvalue weighted by Crippen LogP contribution is 2.16. The molecule has 0 unspecified atom stereocenters. The Morgan fingerprint density at radius 3 is 2.44 bits per heavy atom. The van der Waals surface area contributed by atoms with Crippen LogP contribution in [0.15, 0.2) is 60.3 Å². The maximum atomic E-state index is 12.2. The normalized spacial score (nSPS) is 10.5. The first-order chi connectivity index (χ1) is 12.0. The third-order valence-electron chi connectivity index (χ3n) is 3.37. The summed E-state index contributed by atoms with van der Waals surface area (Å²) in [5.41, 5.74) is 1.55. The molecule has 1 amide bonds. The Balaban J connectivity index is 2.08. The van der Waals surface area contributed by atoms with Crippen molar-refractivity contribution in [3.8, 4) is 11.8 Å². The number of nitrogens with zero attached hydrogens (tertiary/aromatic N) is 1. The molecule has 0 aliphatic heterocycles. The zero-order valence-electron chi connectivity index (χ0n) is 13.9. The first-order valence-electron chi connectivity index (χ1n) is 7.46. The molecule has 2 aromatic rings. The lowest BCUT2D eigenvalue weighted by atomic mass is 10.1. The molecule has 0 aromatic heterocycles. The number of Topliss-reactive ketones (excluding diaryl/α,β-unsaturated/α-hetero) is 1. The molecule has 2 N–H and O–H groups in total. The van der Waals surface area contributed by atoms with Crippen LogP contribution in [-0.2, 0) is 4.79 Å². The summed E-state index contributed by atoms with van der Waals surface area (Å²) < 4.78 is 5.06. The van der Waals surface area contributed by atoms with Gasteiger partial charge < -0.3 is 15.4 Å². The summed E-state index contributed by atoms with van der Waals surface area (Å²) in [6.07, 6.45) is 1.33. The number of amides is 1. The van der Waals surface area contributed by atoms with Crippen molar-refractivity contribution in [2.75, 3.05) is 17.7 Å². The molecule has 2 rings (SSSR count). The molecule has 0 saturated heterocycles. The average Bonchev–Trinajstić information content (AvgIpc) is 2.63. The van der Waals surface area contributed by atoms with Gasteiger partial charge in [0.1, 0.15) is 17.4 Å². The lowest BCUT2D eigenvalue weighted by molar-refractivity contribution is -0.112. The fourth-order valence-electron chi connectivity index (χ4n) is 2.01. The van der Waals surface area contributed by atoms with E-state index in [1.165, 1.54) is 13.1 Å². The monoisotopic (exact) mass is 335 g/mol. The molecule has 0 heterocycles. The molecule has 0 radical (unpaired) electrons. The van der Waals surface area contributed by atoms with Crippen molar-refractivity contribution in [2.24, 2.45) is 0 Å². The van der Waals surface area contributed by atoms with Gasteiger partial charge in [-0.3, -0.25) is 9.59 Å². The third kappa shape index (κ3) is 4.94. The molecule has 25 heavy (non-hydrogen) atoms. The summed E-state index contributed by atoms with van der Waals surface area (Å²) >= 11 is 0. The first kappa shape index (κ1) is 17.8. The molecule has 6 nitrogen and oxygen atoms in total. The molecule has 0 aliphatic carbocycles. The van der Waals surface area contributed by atoms with Crippen LogP contribution in [0.2, 0.25) is 0 Å². The number of carbonyl (C=O) groups is 2. The van der Waals surface area contributed by atoms with E-state index in [4.69, 9.17) is 4.74 Å². The van der Waals surface area contributed by atoms with Gasteiger partial charge >= 0.3 is 0 Å². The van der Waals surface area contributed by atoms with Gasteiger partial charge in [0.05, 0.1) is 7.11 Å². The van der Waals surface area contributed by atoms with Crippen LogP contribution in [0.5, 0.6) is 5.75 Å². The van der Waals surface area contributed by atoms with E-state index in [-0.39, 0.29) is 11.4 Å². The minimum atomic E-state index is -0.566. The summed E-state index contributed by atoms with van der Waals surface area (Å²) in [6.45, 7) is 1.44. The fraction of sp³-hybridized carbons (Fsp3) is 0.105. The Morgan fingerprint density at radius 2 is 1.84 bits per heavy atom. The van der Waals surface area contributed by atoms with E-state index in [1.54, 1.807) is 55.6 Å². The molecular weight excluding hydrogens is 318 g/mol. The molecule has 0 fully saturated rings. The van der Waals surface area contributed by atoms with Crippen LogP contribution in [0, 0.1) is 11.3 Å². The van der Waals surface area contributed by atoms with Gasteiger partial charge in [0, 0.05) is 23.1 Å². The van der Waals surface area contributed by atoms with Crippen molar-refractivity contribution in [3.05, 3.63) is 65.9 Å². The molecule has 0 spiro atoms. The number of ether oxygens (including phenoxy) is 1. The second-order valence-corrected chi connectivity index (χ2v) is 5.13. The van der Waals surface area contributed by atoms with Gasteiger partial charge in [-0.1, -0.05) is 12.1 Å². The highest BCUT2D eigenvalue weighted by Gasteiger charge is 2.10. The summed E-state index contributed by atoms with van der Waals surface area (Å²) in [6, 6.07) is 15.4. The van der Waals surface area contributed by atoms with E-state index >= 15 is 0 Å². The van der Waals surface area contributed by atoms with Crippen molar-refractivity contribution >= 4 is 23.1 Å². The molecule has 0 saturated carbocycles. The summed E-state index contributed by atoms with van der Waals surface area (Å²) in [4.78, 5) is 23.6. The van der Waals surface area contributed by atoms with Crippen molar-refractivity contribution in [2.45, 2.75) is 6.92 Å². The topological polar surface area (TPSA) is 91.2 Å². The lowest BCUT2D eigenvalue weighted by Crippen LogP contribution is -2.14. The first-order valence-corrected chi connectivity index (χ1v) is 7.46. The number of carbonyl (C=O) groups excluding carboxylic acids is 2. The molecular formula is C19H17N3O3. The Bertz CT molecular complexity index is 849. The Labute approximate surface area is 145 Å². The van der Waals surface area contributed by atoms with Gasteiger partial charge in [-0.2, -0.15) is 5.26 Å². The summed E-state index contributed by atoms with van der Waals surface area (Å²) in [5, 5.41) is 14.7. The smallest absolute Gasteiger partial charge is 0.267 e. The van der Waals surface area contributed by atoms with Crippen molar-refractivity contribution in [1.82, 2.24) is 0 Å². The van der Waals surface area contributed by atoms with Gasteiger partial charge in [-0.05, 0) is 43.3 Å². The largest absolute Gasteiger partial charge is 0.497 e. The molecule has 0 atom stereocenters. The van der Waals surface area contributed by atoms with Gasteiger partial charge in [0.2, 0.25) is 0 Å². The van der Waals surface area contributed by atoms with Crippen LogP contribution in [0.25, 0.3) is 0 Å². The van der Waals surface area contributed by atoms with Crippen molar-refractivity contribution < 1.29 is 14.3 Å². The number of hydrogen-bond donors (Lipinski definition) is 2. The molecule has 0 aliphatic rings. The second-order valence-electron chi connectivity index (χ2n) is 5.13. The van der Waals surface area contributed by atoms with Crippen molar-refractivity contribution in [3.63, 3.8) is 0 Å². The number of anilines is 2. The zero-order chi connectivity index (χ0) is 18.2. The Kier molecular flexibility index (Phi) is 5.91. The molecule has 0 bridgehead atoms. The van der Waals surface area contributed by atoms with E-state index < -0.39 is 5.91 Å². The fourth-order valence-corrected chi connectivity index (χ4v) is 2.01. The lowest BCUT2D eigenvalue weighted by Gasteiger charge is -2.07. The number of rotatable bonds is 6. The summed E-state index contributed by atoms with van der Waals surface area (Å²) in [5.74, 6) is 0.0377. The average molecular weight is 335 g/mol. The number of hydrogen-bond acceptors (Lipinski definition) is 5. The van der Waals surface area contributed by atoms with E-state index in [1.807, 2.05) is 6.07 Å². The number of methoxy groups -OCH3 is 1. The molecule has 126 valence electrons. The van der Waals surface area contributed by atoms with Crippen LogP contribution < -0.4 is 15.4 Å². The number of nitrogens with one attached hydrogen (secondary N) is 2. The minimum absolute atomic E-state index is 0.0935. The van der Waals surface area contributed by atoms with Crippen LogP contribution in [0.1, 0.15) is 17.3 Å². The van der Waals surface area contributed by atoms with E-state index in [0.29, 0.717) is 22.7 Å². The van der Waals surface area contributed by atoms with E-state index in [0.717, 1.165) is 0 Å². The van der Waals surface area contributed by atoms with E-state index in [2.05, 4.69) is 10.6 Å². The quantitative estimate of drug-likeness (QED) is 0.480. The van der Waals surface area contributed by atoms with Crippen LogP contribution in [0.3, 0.4) is 0 Å². The predicted molar refractivity (Wildman–Crippen MR) is 95.4 cm³/mol. The molecule has 2 aromatic carbocycles. The minimum Gasteiger partial charge on any atom is -0.497 e.